The van der Waals surface area contributed by atoms with Crippen LogP contribution < -0.4 is 9.64 Å². The molecule has 1 aromatic carbocycles. The SMILES string of the molecule is CCC1(C)CN(c2ccc([N+](=O)[O-])c(OC)c2)CCO1. The highest BCUT2D eigenvalue weighted by atomic mass is 16.6. The van der Waals surface area contributed by atoms with Crippen LogP contribution in [-0.4, -0.2) is 37.3 Å². The first kappa shape index (κ1) is 14.6. The summed E-state index contributed by atoms with van der Waals surface area (Å²) in [5, 5.41) is 10.9. The van der Waals surface area contributed by atoms with E-state index >= 15 is 0 Å². The van der Waals surface area contributed by atoms with Crippen molar-refractivity contribution in [1.82, 2.24) is 0 Å². The lowest BCUT2D eigenvalue weighted by Gasteiger charge is -2.41. The summed E-state index contributed by atoms with van der Waals surface area (Å²) in [5.74, 6) is 0.289. The lowest BCUT2D eigenvalue weighted by Crippen LogP contribution is -2.49. The van der Waals surface area contributed by atoms with Gasteiger partial charge < -0.3 is 14.4 Å². The fraction of sp³-hybridized carbons (Fsp3) is 0.571. The molecule has 1 aromatic rings. The maximum Gasteiger partial charge on any atom is 0.311 e. The molecule has 0 spiro atoms. The summed E-state index contributed by atoms with van der Waals surface area (Å²) in [6.07, 6.45) is 0.924. The molecule has 0 N–H and O–H groups in total. The molecule has 110 valence electrons. The van der Waals surface area contributed by atoms with E-state index in [0.717, 1.165) is 25.2 Å². The summed E-state index contributed by atoms with van der Waals surface area (Å²) in [4.78, 5) is 12.7. The molecule has 1 aliphatic rings. The van der Waals surface area contributed by atoms with Crippen LogP contribution in [0.4, 0.5) is 11.4 Å². The molecule has 0 aliphatic carbocycles. The molecule has 0 amide bonds. The van der Waals surface area contributed by atoms with E-state index in [9.17, 15) is 10.1 Å². The summed E-state index contributed by atoms with van der Waals surface area (Å²) in [5.41, 5.74) is 0.742. The minimum Gasteiger partial charge on any atom is -0.490 e. The quantitative estimate of drug-likeness (QED) is 0.626. The number of benzene rings is 1. The first-order chi connectivity index (χ1) is 9.49. The second kappa shape index (κ2) is 5.66. The molecule has 2 rings (SSSR count). The molecular weight excluding hydrogens is 260 g/mol. The van der Waals surface area contributed by atoms with E-state index in [1.165, 1.54) is 13.2 Å². The molecule has 6 nitrogen and oxygen atoms in total. The van der Waals surface area contributed by atoms with Crippen molar-refractivity contribution in [1.29, 1.82) is 0 Å². The number of hydrogen-bond acceptors (Lipinski definition) is 5. The Morgan fingerprint density at radius 1 is 1.55 bits per heavy atom. The summed E-state index contributed by atoms with van der Waals surface area (Å²) in [6.45, 7) is 6.38. The van der Waals surface area contributed by atoms with Crippen molar-refractivity contribution >= 4 is 11.4 Å². The van der Waals surface area contributed by atoms with Gasteiger partial charge in [0, 0.05) is 30.9 Å². The van der Waals surface area contributed by atoms with Crippen molar-refractivity contribution in [2.24, 2.45) is 0 Å². The zero-order valence-corrected chi connectivity index (χ0v) is 12.1. The lowest BCUT2D eigenvalue weighted by molar-refractivity contribution is -0.385. The van der Waals surface area contributed by atoms with Gasteiger partial charge in [0.1, 0.15) is 0 Å². The van der Waals surface area contributed by atoms with E-state index in [2.05, 4.69) is 18.7 Å². The van der Waals surface area contributed by atoms with E-state index in [1.807, 2.05) is 0 Å². The number of hydrogen-bond donors (Lipinski definition) is 0. The Kier molecular flexibility index (Phi) is 4.13. The number of nitro benzene ring substituents is 1. The van der Waals surface area contributed by atoms with E-state index in [4.69, 9.17) is 9.47 Å². The Morgan fingerprint density at radius 3 is 2.90 bits per heavy atom. The number of anilines is 1. The Hall–Kier alpha value is -1.82. The number of nitro groups is 1. The molecule has 1 atom stereocenters. The van der Waals surface area contributed by atoms with Crippen molar-refractivity contribution in [3.63, 3.8) is 0 Å². The highest BCUT2D eigenvalue weighted by Crippen LogP contribution is 2.33. The molecule has 1 unspecified atom stereocenters. The van der Waals surface area contributed by atoms with Crippen LogP contribution >= 0.6 is 0 Å². The summed E-state index contributed by atoms with van der Waals surface area (Å²) in [6, 6.07) is 4.98. The summed E-state index contributed by atoms with van der Waals surface area (Å²) in [7, 11) is 1.45. The second-order valence-electron chi connectivity index (χ2n) is 5.19. The standard InChI is InChI=1S/C14H20N2O4/c1-4-14(2)10-15(7-8-20-14)11-5-6-12(16(17)18)13(9-11)19-3/h5-6,9H,4,7-8,10H2,1-3H3. The molecular formula is C14H20N2O4. The minimum atomic E-state index is -0.432. The number of ether oxygens (including phenoxy) is 2. The van der Waals surface area contributed by atoms with Crippen molar-refractivity contribution < 1.29 is 14.4 Å². The van der Waals surface area contributed by atoms with Gasteiger partial charge in [0.15, 0.2) is 5.75 Å². The Morgan fingerprint density at radius 2 is 2.30 bits per heavy atom. The zero-order valence-electron chi connectivity index (χ0n) is 12.1. The first-order valence-corrected chi connectivity index (χ1v) is 6.70. The van der Waals surface area contributed by atoms with Crippen molar-refractivity contribution in [3.05, 3.63) is 28.3 Å². The monoisotopic (exact) mass is 280 g/mol. The first-order valence-electron chi connectivity index (χ1n) is 6.70. The molecule has 0 aromatic heterocycles. The Labute approximate surface area is 118 Å². The molecule has 0 saturated carbocycles. The van der Waals surface area contributed by atoms with E-state index < -0.39 is 4.92 Å². The molecule has 1 heterocycles. The average molecular weight is 280 g/mol. The van der Waals surface area contributed by atoms with Gasteiger partial charge >= 0.3 is 5.69 Å². The van der Waals surface area contributed by atoms with E-state index in [-0.39, 0.29) is 17.0 Å². The van der Waals surface area contributed by atoms with Crippen molar-refractivity contribution in [2.75, 3.05) is 31.7 Å². The van der Waals surface area contributed by atoms with Gasteiger partial charge in [0.25, 0.3) is 0 Å². The van der Waals surface area contributed by atoms with Crippen molar-refractivity contribution in [2.45, 2.75) is 25.9 Å². The second-order valence-corrected chi connectivity index (χ2v) is 5.19. The molecule has 1 saturated heterocycles. The maximum atomic E-state index is 10.9. The van der Waals surface area contributed by atoms with Gasteiger partial charge in [-0.25, -0.2) is 0 Å². The third-order valence-corrected chi connectivity index (χ3v) is 3.81. The number of methoxy groups -OCH3 is 1. The molecule has 6 heteroatoms. The number of rotatable bonds is 4. The van der Waals surface area contributed by atoms with E-state index in [0.29, 0.717) is 6.61 Å². The van der Waals surface area contributed by atoms with Gasteiger partial charge in [-0.05, 0) is 19.4 Å². The topological polar surface area (TPSA) is 64.8 Å². The number of nitrogens with zero attached hydrogens (tertiary/aromatic N) is 2. The molecule has 1 aliphatic heterocycles. The fourth-order valence-corrected chi connectivity index (χ4v) is 2.38. The van der Waals surface area contributed by atoms with E-state index in [1.54, 1.807) is 12.1 Å². The Balaban J connectivity index is 2.27. The van der Waals surface area contributed by atoms with Crippen LogP contribution in [0.1, 0.15) is 20.3 Å². The lowest BCUT2D eigenvalue weighted by atomic mass is 10.0. The molecule has 0 bridgehead atoms. The van der Waals surface area contributed by atoms with Crippen LogP contribution in [-0.2, 0) is 4.74 Å². The third kappa shape index (κ3) is 2.85. The van der Waals surface area contributed by atoms with Gasteiger partial charge in [0.2, 0.25) is 0 Å². The largest absolute Gasteiger partial charge is 0.490 e. The molecule has 1 fully saturated rings. The maximum absolute atomic E-state index is 10.9. The van der Waals surface area contributed by atoms with Gasteiger partial charge in [-0.3, -0.25) is 10.1 Å². The predicted molar refractivity (Wildman–Crippen MR) is 76.5 cm³/mol. The average Bonchev–Trinajstić information content (AvgIpc) is 2.46. The van der Waals surface area contributed by atoms with Crippen LogP contribution in [0.25, 0.3) is 0 Å². The van der Waals surface area contributed by atoms with Crippen LogP contribution in [0.2, 0.25) is 0 Å². The van der Waals surface area contributed by atoms with Crippen LogP contribution in [0.3, 0.4) is 0 Å². The van der Waals surface area contributed by atoms with Crippen LogP contribution in [0.15, 0.2) is 18.2 Å². The predicted octanol–water partition coefficient (Wildman–Crippen LogP) is 2.61. The summed E-state index contributed by atoms with van der Waals surface area (Å²) >= 11 is 0. The van der Waals surface area contributed by atoms with Crippen molar-refractivity contribution in [3.8, 4) is 5.75 Å². The highest BCUT2D eigenvalue weighted by molar-refractivity contribution is 5.59. The summed E-state index contributed by atoms with van der Waals surface area (Å²) < 4.78 is 10.9. The smallest absolute Gasteiger partial charge is 0.311 e. The third-order valence-electron chi connectivity index (χ3n) is 3.81. The van der Waals surface area contributed by atoms with Crippen LogP contribution in [0, 0.1) is 10.1 Å². The van der Waals surface area contributed by atoms with Gasteiger partial charge in [-0.1, -0.05) is 6.92 Å². The normalized spacial score (nSPS) is 22.6. The number of morpholine rings is 1. The highest BCUT2D eigenvalue weighted by Gasteiger charge is 2.31. The minimum absolute atomic E-state index is 0.0113. The van der Waals surface area contributed by atoms with Gasteiger partial charge in [0.05, 0.1) is 24.2 Å². The molecule has 0 radical (unpaired) electrons. The zero-order chi connectivity index (χ0) is 14.8. The molecule has 20 heavy (non-hydrogen) atoms. The van der Waals surface area contributed by atoms with Gasteiger partial charge in [-0.15, -0.1) is 0 Å². The van der Waals surface area contributed by atoms with Gasteiger partial charge in [-0.2, -0.15) is 0 Å². The fourth-order valence-electron chi connectivity index (χ4n) is 2.38. The van der Waals surface area contributed by atoms with Crippen LogP contribution in [0.5, 0.6) is 5.75 Å². The Bertz CT molecular complexity index is 506.